The number of aryl methyl sites for hydroxylation is 2. The lowest BCUT2D eigenvalue weighted by Gasteiger charge is -2.14. The van der Waals surface area contributed by atoms with E-state index in [1.54, 1.807) is 10.6 Å². The molecule has 5 nitrogen and oxygen atoms in total. The fourth-order valence-electron chi connectivity index (χ4n) is 3.58. The van der Waals surface area contributed by atoms with Gasteiger partial charge in [0.05, 0.1) is 22.3 Å². The van der Waals surface area contributed by atoms with Gasteiger partial charge >= 0.3 is 0 Å². The summed E-state index contributed by atoms with van der Waals surface area (Å²) in [7, 11) is 0. The number of fused-ring (bicyclic) bond motifs is 1. The third kappa shape index (κ3) is 5.01. The van der Waals surface area contributed by atoms with E-state index in [2.05, 4.69) is 19.2 Å². The number of thioether (sulfide) groups is 1. The van der Waals surface area contributed by atoms with Crippen LogP contribution in [-0.4, -0.2) is 21.2 Å². The Morgan fingerprint density at radius 2 is 1.73 bits per heavy atom. The number of carbonyl (C=O) groups is 1. The zero-order valence-corrected chi connectivity index (χ0v) is 20.1. The Bertz CT molecular complexity index is 1370. The Hall–Kier alpha value is -3.38. The summed E-state index contributed by atoms with van der Waals surface area (Å²) in [6.07, 6.45) is 0. The Labute approximate surface area is 197 Å². The lowest BCUT2D eigenvalue weighted by atomic mass is 10.0. The number of para-hydroxylation sites is 1. The van der Waals surface area contributed by atoms with Crippen LogP contribution < -0.4 is 10.9 Å². The van der Waals surface area contributed by atoms with Gasteiger partial charge in [-0.05, 0) is 72.9 Å². The van der Waals surface area contributed by atoms with Gasteiger partial charge in [-0.15, -0.1) is 0 Å². The van der Waals surface area contributed by atoms with Gasteiger partial charge in [0, 0.05) is 5.69 Å². The quantitative estimate of drug-likeness (QED) is 0.291. The van der Waals surface area contributed by atoms with E-state index in [4.69, 9.17) is 4.98 Å². The number of amides is 1. The number of anilines is 1. The van der Waals surface area contributed by atoms with Crippen LogP contribution in [0.15, 0.2) is 76.7 Å². The van der Waals surface area contributed by atoms with Crippen LogP contribution in [0.1, 0.15) is 36.5 Å². The molecule has 0 spiro atoms. The van der Waals surface area contributed by atoms with Crippen LogP contribution in [0.3, 0.4) is 0 Å². The van der Waals surface area contributed by atoms with E-state index in [0.717, 1.165) is 22.5 Å². The van der Waals surface area contributed by atoms with Crippen molar-refractivity contribution in [2.45, 2.75) is 38.8 Å². The Kier molecular flexibility index (Phi) is 6.65. The van der Waals surface area contributed by atoms with Crippen molar-refractivity contribution in [2.75, 3.05) is 11.1 Å². The first-order valence-corrected chi connectivity index (χ1v) is 11.9. The van der Waals surface area contributed by atoms with E-state index in [1.165, 1.54) is 17.3 Å². The first kappa shape index (κ1) is 22.8. The highest BCUT2D eigenvalue weighted by atomic mass is 32.2. The summed E-state index contributed by atoms with van der Waals surface area (Å²) in [5.74, 6) is 0.430. The molecule has 4 rings (SSSR count). The summed E-state index contributed by atoms with van der Waals surface area (Å²) < 4.78 is 1.60. The molecule has 1 N–H and O–H groups in total. The maximum Gasteiger partial charge on any atom is 0.266 e. The molecule has 0 bridgehead atoms. The van der Waals surface area contributed by atoms with Gasteiger partial charge in [-0.3, -0.25) is 14.2 Å². The number of hydrogen-bond acceptors (Lipinski definition) is 4. The number of hydrogen-bond donors (Lipinski definition) is 1. The number of nitrogens with one attached hydrogen (secondary N) is 1. The third-order valence-electron chi connectivity index (χ3n) is 5.69. The molecule has 3 aromatic carbocycles. The molecule has 0 radical (unpaired) electrons. The van der Waals surface area contributed by atoms with E-state index in [9.17, 15) is 9.59 Å². The van der Waals surface area contributed by atoms with Crippen molar-refractivity contribution >= 4 is 34.3 Å². The lowest BCUT2D eigenvalue weighted by Crippen LogP contribution is -2.23. The predicted octanol–water partition coefficient (Wildman–Crippen LogP) is 5.86. The number of carbonyl (C=O) groups excluding carboxylic acids is 1. The second-order valence-electron chi connectivity index (χ2n) is 8.43. The van der Waals surface area contributed by atoms with Crippen LogP contribution in [0.5, 0.6) is 0 Å². The van der Waals surface area contributed by atoms with E-state index in [1.807, 2.05) is 74.5 Å². The molecule has 168 valence electrons. The Balaban J connectivity index is 1.63. The Morgan fingerprint density at radius 1 is 1.00 bits per heavy atom. The largest absolute Gasteiger partial charge is 0.325 e. The summed E-state index contributed by atoms with van der Waals surface area (Å²) in [6, 6.07) is 21.1. The monoisotopic (exact) mass is 457 g/mol. The smallest absolute Gasteiger partial charge is 0.266 e. The molecule has 0 aliphatic carbocycles. The molecular formula is C27H27N3O2S. The zero-order chi connectivity index (χ0) is 23.5. The minimum atomic E-state index is -0.147. The van der Waals surface area contributed by atoms with Crippen LogP contribution in [-0.2, 0) is 4.79 Å². The number of aromatic nitrogens is 2. The second kappa shape index (κ2) is 9.63. The first-order chi connectivity index (χ1) is 15.8. The van der Waals surface area contributed by atoms with Gasteiger partial charge in [0.2, 0.25) is 5.91 Å². The van der Waals surface area contributed by atoms with E-state index < -0.39 is 0 Å². The average Bonchev–Trinajstić information content (AvgIpc) is 2.80. The van der Waals surface area contributed by atoms with Gasteiger partial charge < -0.3 is 5.32 Å². The maximum atomic E-state index is 13.4. The fourth-order valence-corrected chi connectivity index (χ4v) is 4.39. The van der Waals surface area contributed by atoms with Crippen molar-refractivity contribution in [3.63, 3.8) is 0 Å². The molecule has 6 heteroatoms. The van der Waals surface area contributed by atoms with Crippen LogP contribution in [0.4, 0.5) is 5.69 Å². The molecule has 1 aromatic heterocycles. The fraction of sp³-hybridized carbons (Fsp3) is 0.222. The van der Waals surface area contributed by atoms with Gasteiger partial charge in [-0.25, -0.2) is 4.98 Å². The lowest BCUT2D eigenvalue weighted by molar-refractivity contribution is -0.113. The SMILES string of the molecule is Cc1ccc(-n2c(SCC(=O)Nc3ccc(C(C)C)cc3)nc3ccccc3c2=O)cc1C. The standard InChI is InChI=1S/C27H27N3O2S/c1-17(2)20-10-12-21(13-11-20)28-25(31)16-33-27-29-24-8-6-5-7-23(24)26(32)30(27)22-14-9-18(3)19(4)15-22/h5-15,17H,16H2,1-4H3,(H,28,31). The van der Waals surface area contributed by atoms with Crippen LogP contribution >= 0.6 is 11.8 Å². The van der Waals surface area contributed by atoms with Crippen molar-refractivity contribution in [1.29, 1.82) is 0 Å². The number of nitrogens with zero attached hydrogens (tertiary/aromatic N) is 2. The third-order valence-corrected chi connectivity index (χ3v) is 6.63. The van der Waals surface area contributed by atoms with Crippen molar-refractivity contribution in [2.24, 2.45) is 0 Å². The molecule has 1 heterocycles. The molecule has 4 aromatic rings. The van der Waals surface area contributed by atoms with Crippen LogP contribution in [0.25, 0.3) is 16.6 Å². The van der Waals surface area contributed by atoms with Crippen LogP contribution in [0.2, 0.25) is 0 Å². The highest BCUT2D eigenvalue weighted by molar-refractivity contribution is 7.99. The maximum absolute atomic E-state index is 13.4. The number of rotatable bonds is 6. The van der Waals surface area contributed by atoms with Crippen molar-refractivity contribution in [1.82, 2.24) is 9.55 Å². The van der Waals surface area contributed by atoms with Gasteiger partial charge in [-0.1, -0.05) is 55.9 Å². The average molecular weight is 458 g/mol. The highest BCUT2D eigenvalue weighted by Gasteiger charge is 2.15. The molecule has 0 aliphatic heterocycles. The minimum Gasteiger partial charge on any atom is -0.325 e. The molecule has 0 saturated carbocycles. The molecule has 0 aliphatic rings. The minimum absolute atomic E-state index is 0.140. The van der Waals surface area contributed by atoms with Gasteiger partial charge in [-0.2, -0.15) is 0 Å². The van der Waals surface area contributed by atoms with Crippen molar-refractivity contribution in [3.8, 4) is 5.69 Å². The molecular weight excluding hydrogens is 430 g/mol. The molecule has 0 fully saturated rings. The van der Waals surface area contributed by atoms with E-state index >= 15 is 0 Å². The molecule has 0 unspecified atom stereocenters. The molecule has 1 amide bonds. The summed E-state index contributed by atoms with van der Waals surface area (Å²) in [6.45, 7) is 8.32. The molecule has 0 saturated heterocycles. The van der Waals surface area contributed by atoms with E-state index in [-0.39, 0.29) is 17.2 Å². The van der Waals surface area contributed by atoms with Crippen molar-refractivity contribution < 1.29 is 4.79 Å². The summed E-state index contributed by atoms with van der Waals surface area (Å²) in [5, 5.41) is 3.97. The highest BCUT2D eigenvalue weighted by Crippen LogP contribution is 2.23. The molecule has 0 atom stereocenters. The predicted molar refractivity (Wildman–Crippen MR) is 137 cm³/mol. The van der Waals surface area contributed by atoms with Gasteiger partial charge in [0.25, 0.3) is 5.56 Å². The first-order valence-electron chi connectivity index (χ1n) is 11.0. The van der Waals surface area contributed by atoms with Crippen LogP contribution in [0, 0.1) is 13.8 Å². The normalized spacial score (nSPS) is 11.2. The Morgan fingerprint density at radius 3 is 2.42 bits per heavy atom. The second-order valence-corrected chi connectivity index (χ2v) is 9.38. The van der Waals surface area contributed by atoms with Gasteiger partial charge in [0.1, 0.15) is 0 Å². The zero-order valence-electron chi connectivity index (χ0n) is 19.3. The molecule has 33 heavy (non-hydrogen) atoms. The summed E-state index contributed by atoms with van der Waals surface area (Å²) in [5.41, 5.74) is 5.44. The summed E-state index contributed by atoms with van der Waals surface area (Å²) >= 11 is 1.26. The topological polar surface area (TPSA) is 64.0 Å². The van der Waals surface area contributed by atoms with E-state index in [0.29, 0.717) is 22.0 Å². The number of benzene rings is 3. The summed E-state index contributed by atoms with van der Waals surface area (Å²) in [4.78, 5) is 30.8. The van der Waals surface area contributed by atoms with Crippen molar-refractivity contribution in [3.05, 3.63) is 93.8 Å². The van der Waals surface area contributed by atoms with Gasteiger partial charge in [0.15, 0.2) is 5.16 Å².